The second-order valence-corrected chi connectivity index (χ2v) is 7.31. The maximum Gasteiger partial charge on any atom is 0.271 e. The van der Waals surface area contributed by atoms with Gasteiger partial charge in [-0.15, -0.1) is 0 Å². The number of nitrogens with two attached hydrogens (primary N) is 1. The Balaban J connectivity index is 1.84. The Hall–Kier alpha value is -2.90. The van der Waals surface area contributed by atoms with Crippen LogP contribution in [0.25, 0.3) is 0 Å². The summed E-state index contributed by atoms with van der Waals surface area (Å²) in [6, 6.07) is 12.7. The normalized spacial score (nSPS) is 15.8. The van der Waals surface area contributed by atoms with E-state index in [4.69, 9.17) is 43.8 Å². The predicted molar refractivity (Wildman–Crippen MR) is 114 cm³/mol. The highest BCUT2D eigenvalue weighted by atomic mass is 35.5. The molecule has 0 amide bonds. The lowest BCUT2D eigenvalue weighted by molar-refractivity contribution is 0.0649. The zero-order chi connectivity index (χ0) is 21.9. The van der Waals surface area contributed by atoms with Crippen LogP contribution in [0.2, 0.25) is 10.0 Å². The average molecular weight is 452 g/mol. The third kappa shape index (κ3) is 5.37. The quantitative estimate of drug-likeness (QED) is 0.361. The van der Waals surface area contributed by atoms with Crippen LogP contribution in [-0.2, 0) is 4.74 Å². The van der Waals surface area contributed by atoms with Crippen LogP contribution in [0.4, 0.5) is 8.78 Å². The van der Waals surface area contributed by atoms with Crippen LogP contribution < -0.4 is 10.5 Å². The Bertz CT molecular complexity index is 1040. The number of halogens is 4. The van der Waals surface area contributed by atoms with Gasteiger partial charge >= 0.3 is 0 Å². The molecule has 2 aromatic rings. The van der Waals surface area contributed by atoms with E-state index in [1.54, 1.807) is 48.5 Å². The maximum absolute atomic E-state index is 14.3. The van der Waals surface area contributed by atoms with Crippen molar-refractivity contribution in [2.75, 3.05) is 6.54 Å². The summed E-state index contributed by atoms with van der Waals surface area (Å²) in [6.45, 7) is 0.541. The maximum atomic E-state index is 14.3. The van der Waals surface area contributed by atoms with Gasteiger partial charge in [-0.1, -0.05) is 23.2 Å². The first kappa shape index (κ1) is 21.8. The summed E-state index contributed by atoms with van der Waals surface area (Å²) in [5, 5.41) is 9.02. The Kier molecular flexibility index (Phi) is 6.43. The molecule has 0 spiro atoms. The van der Waals surface area contributed by atoms with Crippen molar-refractivity contribution < 1.29 is 18.3 Å². The van der Waals surface area contributed by atoms with E-state index in [1.165, 1.54) is 0 Å². The molecule has 0 aliphatic carbocycles. The number of aliphatic imine (C=N–C) groups is 1. The van der Waals surface area contributed by atoms with Gasteiger partial charge in [-0.25, -0.2) is 13.8 Å². The van der Waals surface area contributed by atoms with Crippen molar-refractivity contribution in [3.8, 4) is 5.75 Å². The van der Waals surface area contributed by atoms with E-state index in [9.17, 15) is 8.78 Å². The van der Waals surface area contributed by atoms with Crippen LogP contribution in [0.1, 0.15) is 12.5 Å². The van der Waals surface area contributed by atoms with Crippen LogP contribution in [0, 0.1) is 5.41 Å². The number of alkyl halides is 2. The zero-order valence-electron chi connectivity index (χ0n) is 15.8. The molecule has 2 aromatic carbocycles. The van der Waals surface area contributed by atoms with Gasteiger partial charge in [-0.2, -0.15) is 0 Å². The molecule has 0 saturated heterocycles. The van der Waals surface area contributed by atoms with Gasteiger partial charge in [0.15, 0.2) is 5.88 Å². The summed E-state index contributed by atoms with van der Waals surface area (Å²) in [4.78, 5) is 4.15. The minimum atomic E-state index is -3.24. The lowest BCUT2D eigenvalue weighted by atomic mass is 9.98. The number of nitrogens with one attached hydrogen (secondary N) is 1. The summed E-state index contributed by atoms with van der Waals surface area (Å²) < 4.78 is 39.4. The van der Waals surface area contributed by atoms with Gasteiger partial charge in [0.25, 0.3) is 5.92 Å². The third-order valence-electron chi connectivity index (χ3n) is 4.11. The first-order valence-electron chi connectivity index (χ1n) is 8.72. The number of rotatable bonds is 4. The molecule has 5 nitrogen and oxygen atoms in total. The molecule has 1 aliphatic rings. The van der Waals surface area contributed by atoms with Crippen molar-refractivity contribution in [1.82, 2.24) is 0 Å². The Morgan fingerprint density at radius 3 is 2.20 bits per heavy atom. The molecule has 0 aromatic heterocycles. The topological polar surface area (TPSA) is 80.7 Å². The summed E-state index contributed by atoms with van der Waals surface area (Å²) in [5.41, 5.74) is 5.88. The highest BCUT2D eigenvalue weighted by molar-refractivity contribution is 6.30. The summed E-state index contributed by atoms with van der Waals surface area (Å²) in [7, 11) is 0. The standard InChI is InChI=1S/C21H17Cl2F2N3O2/c1-21(24,25)17-10-18(29-15-8-6-14(23)7-9-15)28-11-16(17)20(27)30-19(26)12-2-4-13(22)5-3-12/h2-10,26H,11,27H2,1H3/b20-16-,26-19?. The molecule has 30 heavy (non-hydrogen) atoms. The van der Waals surface area contributed by atoms with Crippen molar-refractivity contribution in [3.63, 3.8) is 0 Å². The fourth-order valence-corrected chi connectivity index (χ4v) is 2.87. The first-order valence-corrected chi connectivity index (χ1v) is 9.48. The molecule has 3 N–H and O–H groups in total. The molecular weight excluding hydrogens is 435 g/mol. The van der Waals surface area contributed by atoms with E-state index in [0.717, 1.165) is 13.0 Å². The van der Waals surface area contributed by atoms with Gasteiger partial charge in [0.05, 0.1) is 6.54 Å². The van der Waals surface area contributed by atoms with Crippen molar-refractivity contribution in [2.45, 2.75) is 12.8 Å². The molecule has 0 bridgehead atoms. The van der Waals surface area contributed by atoms with Crippen LogP contribution in [0.3, 0.4) is 0 Å². The van der Waals surface area contributed by atoms with Gasteiger partial charge in [0.2, 0.25) is 11.8 Å². The Morgan fingerprint density at radius 1 is 1.07 bits per heavy atom. The molecule has 1 heterocycles. The van der Waals surface area contributed by atoms with E-state index in [0.29, 0.717) is 21.4 Å². The van der Waals surface area contributed by atoms with E-state index < -0.39 is 11.5 Å². The van der Waals surface area contributed by atoms with E-state index in [1.807, 2.05) is 0 Å². The SMILES string of the molecule is CC(F)(F)C1=CC(Oc2ccc(Cl)cc2)=NC/C1=C(\N)OC(=N)c1ccc(Cl)cc1. The summed E-state index contributed by atoms with van der Waals surface area (Å²) in [6.07, 6.45) is 1.11. The van der Waals surface area contributed by atoms with Crippen molar-refractivity contribution in [1.29, 1.82) is 5.41 Å². The molecule has 1 aliphatic heterocycles. The zero-order valence-corrected chi connectivity index (χ0v) is 17.3. The molecular formula is C21H17Cl2F2N3O2. The molecule has 0 unspecified atom stereocenters. The van der Waals surface area contributed by atoms with Crippen LogP contribution in [0.5, 0.6) is 5.75 Å². The minimum absolute atomic E-state index is 0.00169. The molecule has 0 saturated carbocycles. The number of dihydropyridines is 1. The van der Waals surface area contributed by atoms with Gasteiger partial charge in [-0.3, -0.25) is 5.41 Å². The van der Waals surface area contributed by atoms with Crippen LogP contribution in [0.15, 0.2) is 76.6 Å². The molecule has 9 heteroatoms. The van der Waals surface area contributed by atoms with Crippen molar-refractivity contribution in [2.24, 2.45) is 10.7 Å². The number of hydrogen-bond donors (Lipinski definition) is 2. The fraction of sp³-hybridized carbons (Fsp3) is 0.143. The lowest BCUT2D eigenvalue weighted by Gasteiger charge is -2.23. The molecule has 0 atom stereocenters. The van der Waals surface area contributed by atoms with Crippen LogP contribution in [-0.4, -0.2) is 24.3 Å². The first-order chi connectivity index (χ1) is 14.1. The summed E-state index contributed by atoms with van der Waals surface area (Å²) in [5.74, 6) is -3.48. The van der Waals surface area contributed by atoms with Crippen molar-refractivity contribution in [3.05, 3.63) is 87.2 Å². The van der Waals surface area contributed by atoms with E-state index >= 15 is 0 Å². The molecule has 0 radical (unpaired) electrons. The van der Waals surface area contributed by atoms with Gasteiger partial charge in [0.1, 0.15) is 5.75 Å². The minimum Gasteiger partial charge on any atom is -0.439 e. The van der Waals surface area contributed by atoms with Gasteiger partial charge in [0, 0.05) is 39.8 Å². The average Bonchev–Trinajstić information content (AvgIpc) is 2.69. The fourth-order valence-electron chi connectivity index (χ4n) is 2.62. The Morgan fingerprint density at radius 2 is 1.63 bits per heavy atom. The largest absolute Gasteiger partial charge is 0.439 e. The number of ether oxygens (including phenoxy) is 2. The Labute approximate surface area is 181 Å². The monoisotopic (exact) mass is 451 g/mol. The summed E-state index contributed by atoms with van der Waals surface area (Å²) >= 11 is 11.7. The number of benzene rings is 2. The predicted octanol–water partition coefficient (Wildman–Crippen LogP) is 5.58. The lowest BCUT2D eigenvalue weighted by Crippen LogP contribution is -2.27. The van der Waals surface area contributed by atoms with Gasteiger partial charge < -0.3 is 15.2 Å². The highest BCUT2D eigenvalue weighted by Gasteiger charge is 2.35. The smallest absolute Gasteiger partial charge is 0.271 e. The second kappa shape index (κ2) is 8.85. The second-order valence-electron chi connectivity index (χ2n) is 6.44. The molecule has 0 fully saturated rings. The van der Waals surface area contributed by atoms with E-state index in [2.05, 4.69) is 4.99 Å². The molecule has 3 rings (SSSR count). The van der Waals surface area contributed by atoms with Crippen molar-refractivity contribution >= 4 is 35.0 Å². The molecule has 156 valence electrons. The number of hydrogen-bond acceptors (Lipinski definition) is 5. The van der Waals surface area contributed by atoms with Crippen LogP contribution >= 0.6 is 23.2 Å². The third-order valence-corrected chi connectivity index (χ3v) is 4.61. The highest BCUT2D eigenvalue weighted by Crippen LogP contribution is 2.33. The van der Waals surface area contributed by atoms with E-state index in [-0.39, 0.29) is 29.8 Å². The van der Waals surface area contributed by atoms with Gasteiger partial charge in [-0.05, 0) is 48.5 Å². The number of nitrogens with zero attached hydrogens (tertiary/aromatic N) is 1.